The van der Waals surface area contributed by atoms with Gasteiger partial charge in [0.05, 0.1) is 16.3 Å². The number of anilines is 1. The third-order valence-electron chi connectivity index (χ3n) is 2.95. The second-order valence-electron chi connectivity index (χ2n) is 4.92. The molecule has 0 aliphatic rings. The van der Waals surface area contributed by atoms with Gasteiger partial charge < -0.3 is 5.32 Å². The summed E-state index contributed by atoms with van der Waals surface area (Å²) in [6.45, 7) is 2.00. The summed E-state index contributed by atoms with van der Waals surface area (Å²) in [6, 6.07) is 14.3. The van der Waals surface area contributed by atoms with E-state index in [1.807, 2.05) is 31.2 Å². The first kappa shape index (κ1) is 16.6. The number of hydrogen-bond donors (Lipinski definition) is 1. The van der Waals surface area contributed by atoms with E-state index in [0.717, 1.165) is 16.7 Å². The van der Waals surface area contributed by atoms with Gasteiger partial charge in [-0.1, -0.05) is 29.8 Å². The molecule has 116 valence electrons. The fourth-order valence-corrected chi connectivity index (χ4v) is 3.41. The van der Waals surface area contributed by atoms with Gasteiger partial charge in [0.15, 0.2) is 9.84 Å². The fourth-order valence-electron chi connectivity index (χ4n) is 1.86. The molecule has 2 rings (SSSR count). The van der Waals surface area contributed by atoms with Crippen LogP contribution in [0.3, 0.4) is 0 Å². The number of thioether (sulfide) groups is 1. The minimum absolute atomic E-state index is 0.128. The number of aryl methyl sites for hydroxylation is 1. The molecule has 0 spiro atoms. The number of benzene rings is 2. The highest BCUT2D eigenvalue weighted by atomic mass is 32.2. The lowest BCUT2D eigenvalue weighted by Gasteiger charge is -2.09. The number of carbonyl (C=O) groups excluding carboxylic acids is 1. The topological polar surface area (TPSA) is 63.2 Å². The first-order chi connectivity index (χ1) is 10.4. The number of amides is 1. The van der Waals surface area contributed by atoms with Crippen molar-refractivity contribution in [3.63, 3.8) is 0 Å². The molecule has 0 radical (unpaired) electrons. The van der Waals surface area contributed by atoms with E-state index in [2.05, 4.69) is 5.32 Å². The van der Waals surface area contributed by atoms with Gasteiger partial charge in [-0.25, -0.2) is 8.42 Å². The van der Waals surface area contributed by atoms with Crippen LogP contribution in [0.15, 0.2) is 58.3 Å². The van der Waals surface area contributed by atoms with Gasteiger partial charge in [0.2, 0.25) is 5.91 Å². The molecule has 0 aliphatic heterocycles. The maximum absolute atomic E-state index is 12.0. The van der Waals surface area contributed by atoms with E-state index in [0.29, 0.717) is 5.69 Å². The van der Waals surface area contributed by atoms with E-state index < -0.39 is 9.84 Å². The van der Waals surface area contributed by atoms with Crippen molar-refractivity contribution in [1.29, 1.82) is 0 Å². The Labute approximate surface area is 134 Å². The van der Waals surface area contributed by atoms with Crippen LogP contribution in [0.4, 0.5) is 5.69 Å². The fraction of sp³-hybridized carbons (Fsp3) is 0.188. The third kappa shape index (κ3) is 4.61. The Morgan fingerprint density at radius 1 is 1.09 bits per heavy atom. The number of sulfone groups is 1. The van der Waals surface area contributed by atoms with Crippen LogP contribution in [0, 0.1) is 6.92 Å². The molecule has 6 heteroatoms. The number of hydrogen-bond acceptors (Lipinski definition) is 4. The molecule has 0 unspecified atom stereocenters. The quantitative estimate of drug-likeness (QED) is 0.853. The summed E-state index contributed by atoms with van der Waals surface area (Å²) in [4.78, 5) is 13.1. The van der Waals surface area contributed by atoms with Crippen molar-refractivity contribution in [2.75, 3.05) is 17.3 Å². The second-order valence-corrected chi connectivity index (χ2v) is 7.95. The summed E-state index contributed by atoms with van der Waals surface area (Å²) in [6.07, 6.45) is 1.12. The molecule has 2 aromatic rings. The van der Waals surface area contributed by atoms with Gasteiger partial charge in [-0.15, -0.1) is 11.8 Å². The highest BCUT2D eigenvalue weighted by Crippen LogP contribution is 2.22. The Morgan fingerprint density at radius 3 is 2.36 bits per heavy atom. The minimum atomic E-state index is -3.37. The van der Waals surface area contributed by atoms with Gasteiger partial charge in [0.1, 0.15) is 0 Å². The molecule has 0 aliphatic carbocycles. The Hall–Kier alpha value is -1.79. The van der Waals surface area contributed by atoms with Crippen LogP contribution in [0.5, 0.6) is 0 Å². The lowest BCUT2D eigenvalue weighted by Crippen LogP contribution is -2.16. The van der Waals surface area contributed by atoms with E-state index in [4.69, 9.17) is 0 Å². The van der Waals surface area contributed by atoms with Crippen molar-refractivity contribution in [2.45, 2.75) is 16.7 Å². The van der Waals surface area contributed by atoms with Gasteiger partial charge in [0.25, 0.3) is 0 Å². The van der Waals surface area contributed by atoms with Crippen LogP contribution < -0.4 is 5.32 Å². The monoisotopic (exact) mass is 335 g/mol. The van der Waals surface area contributed by atoms with Crippen LogP contribution in [-0.4, -0.2) is 26.3 Å². The highest BCUT2D eigenvalue weighted by molar-refractivity contribution is 8.00. The largest absolute Gasteiger partial charge is 0.324 e. The molecule has 0 heterocycles. The van der Waals surface area contributed by atoms with Gasteiger partial charge in [-0.2, -0.15) is 0 Å². The number of carbonyl (C=O) groups is 1. The lowest BCUT2D eigenvalue weighted by atomic mass is 10.2. The summed E-state index contributed by atoms with van der Waals surface area (Å²) in [5.41, 5.74) is 1.48. The molecule has 0 bridgehead atoms. The van der Waals surface area contributed by atoms with E-state index in [9.17, 15) is 13.2 Å². The van der Waals surface area contributed by atoms with Crippen LogP contribution >= 0.6 is 11.8 Å². The zero-order chi connectivity index (χ0) is 16.2. The summed E-state index contributed by atoms with van der Waals surface area (Å²) >= 11 is 1.41. The van der Waals surface area contributed by atoms with Gasteiger partial charge in [-0.05, 0) is 31.2 Å². The molecular formula is C16H17NO3S2. The van der Waals surface area contributed by atoms with Crippen molar-refractivity contribution >= 4 is 33.2 Å². The Bertz CT molecular complexity index is 768. The number of para-hydroxylation sites is 1. The summed E-state index contributed by atoms with van der Waals surface area (Å²) in [5, 5.41) is 2.66. The van der Waals surface area contributed by atoms with E-state index >= 15 is 0 Å². The minimum Gasteiger partial charge on any atom is -0.324 e. The van der Waals surface area contributed by atoms with Gasteiger partial charge in [-0.3, -0.25) is 4.79 Å². The predicted molar refractivity (Wildman–Crippen MR) is 90.1 cm³/mol. The van der Waals surface area contributed by atoms with E-state index in [-0.39, 0.29) is 16.6 Å². The Kier molecular flexibility index (Phi) is 5.26. The normalized spacial score (nSPS) is 11.2. The van der Waals surface area contributed by atoms with Crippen molar-refractivity contribution in [3.8, 4) is 0 Å². The van der Waals surface area contributed by atoms with Crippen LogP contribution in [0.1, 0.15) is 5.56 Å². The van der Waals surface area contributed by atoms with E-state index in [1.54, 1.807) is 18.2 Å². The summed E-state index contributed by atoms with van der Waals surface area (Å²) in [7, 11) is -3.37. The van der Waals surface area contributed by atoms with E-state index in [1.165, 1.54) is 17.8 Å². The van der Waals surface area contributed by atoms with Gasteiger partial charge in [0, 0.05) is 11.2 Å². The highest BCUT2D eigenvalue weighted by Gasteiger charge is 2.14. The smallest absolute Gasteiger partial charge is 0.234 e. The number of rotatable bonds is 5. The van der Waals surface area contributed by atoms with Crippen LogP contribution in [-0.2, 0) is 14.6 Å². The molecule has 1 amide bonds. The van der Waals surface area contributed by atoms with Crippen molar-refractivity contribution in [2.24, 2.45) is 0 Å². The average molecular weight is 335 g/mol. The zero-order valence-corrected chi connectivity index (χ0v) is 14.0. The standard InChI is InChI=1S/C16H17NO3S2/c1-12-7-9-13(10-8-12)21-11-16(18)17-14-5-3-4-6-15(14)22(2,19)20/h3-10H,11H2,1-2H3,(H,17,18). The summed E-state index contributed by atoms with van der Waals surface area (Å²) in [5.74, 6) is -0.0112. The first-order valence-corrected chi connectivity index (χ1v) is 9.52. The molecule has 22 heavy (non-hydrogen) atoms. The third-order valence-corrected chi connectivity index (χ3v) is 5.12. The molecule has 4 nitrogen and oxygen atoms in total. The maximum atomic E-state index is 12.0. The van der Waals surface area contributed by atoms with Gasteiger partial charge >= 0.3 is 0 Å². The average Bonchev–Trinajstić information content (AvgIpc) is 2.46. The molecule has 2 aromatic carbocycles. The molecule has 0 atom stereocenters. The molecule has 1 N–H and O–H groups in total. The second kappa shape index (κ2) is 6.98. The van der Waals surface area contributed by atoms with Crippen molar-refractivity contribution in [1.82, 2.24) is 0 Å². The molecular weight excluding hydrogens is 318 g/mol. The Balaban J connectivity index is 2.02. The molecule has 0 saturated carbocycles. The first-order valence-electron chi connectivity index (χ1n) is 6.64. The maximum Gasteiger partial charge on any atom is 0.234 e. The Morgan fingerprint density at radius 2 is 1.73 bits per heavy atom. The van der Waals surface area contributed by atoms with Crippen molar-refractivity contribution in [3.05, 3.63) is 54.1 Å². The number of nitrogens with one attached hydrogen (secondary N) is 1. The zero-order valence-electron chi connectivity index (χ0n) is 12.4. The SMILES string of the molecule is Cc1ccc(SCC(=O)Nc2ccccc2S(C)(=O)=O)cc1. The summed E-state index contributed by atoms with van der Waals surface area (Å²) < 4.78 is 23.4. The molecule has 0 aromatic heterocycles. The predicted octanol–water partition coefficient (Wildman–Crippen LogP) is 3.13. The van der Waals surface area contributed by atoms with Crippen LogP contribution in [0.25, 0.3) is 0 Å². The lowest BCUT2D eigenvalue weighted by molar-refractivity contribution is -0.113. The van der Waals surface area contributed by atoms with Crippen molar-refractivity contribution < 1.29 is 13.2 Å². The molecule has 0 fully saturated rings. The molecule has 0 saturated heterocycles. The van der Waals surface area contributed by atoms with Crippen LogP contribution in [0.2, 0.25) is 0 Å².